The minimum Gasteiger partial charge on any atom is -0.448 e. The van der Waals surface area contributed by atoms with Gasteiger partial charge in [-0.25, -0.2) is 9.78 Å². The van der Waals surface area contributed by atoms with Crippen molar-refractivity contribution in [1.29, 1.82) is 5.26 Å². The second-order valence-corrected chi connectivity index (χ2v) is 5.79. The first-order valence-corrected chi connectivity index (χ1v) is 8.23. The van der Waals surface area contributed by atoms with Crippen LogP contribution < -0.4 is 10.6 Å². The number of carbonyl (C=O) groups is 2. The third-order valence-electron chi connectivity index (χ3n) is 3.05. The number of nitriles is 1. The molecule has 0 saturated heterocycles. The van der Waals surface area contributed by atoms with Crippen LogP contribution in [0.15, 0.2) is 42.3 Å². The summed E-state index contributed by atoms with van der Waals surface area (Å²) in [5.41, 5.74) is 1.13. The SMILES string of the molecule is C=CCNc1nc(C(=O)OC(C)C(=O)Nc2ccc(C#N)cc2)cs1. The van der Waals surface area contributed by atoms with Crippen LogP contribution in [0.4, 0.5) is 10.8 Å². The molecule has 1 aromatic heterocycles. The van der Waals surface area contributed by atoms with Gasteiger partial charge in [-0.2, -0.15) is 5.26 Å². The van der Waals surface area contributed by atoms with Crippen molar-refractivity contribution >= 4 is 34.0 Å². The fourth-order valence-corrected chi connectivity index (χ4v) is 2.44. The Bertz CT molecular complexity index is 808. The molecule has 2 aromatic rings. The van der Waals surface area contributed by atoms with Crippen molar-refractivity contribution in [2.24, 2.45) is 0 Å². The summed E-state index contributed by atoms with van der Waals surface area (Å²) in [6.45, 7) is 5.59. The van der Waals surface area contributed by atoms with Gasteiger partial charge in [-0.05, 0) is 31.2 Å². The zero-order valence-corrected chi connectivity index (χ0v) is 14.3. The molecule has 8 heteroatoms. The molecule has 1 atom stereocenters. The van der Waals surface area contributed by atoms with Crippen molar-refractivity contribution in [2.75, 3.05) is 17.2 Å². The molecule has 0 aliphatic heterocycles. The van der Waals surface area contributed by atoms with Crippen LogP contribution in [0.3, 0.4) is 0 Å². The number of hydrogen-bond donors (Lipinski definition) is 2. The number of esters is 1. The number of amides is 1. The Morgan fingerprint density at radius 2 is 2.16 bits per heavy atom. The van der Waals surface area contributed by atoms with Gasteiger partial charge in [-0.3, -0.25) is 4.79 Å². The topological polar surface area (TPSA) is 104 Å². The number of rotatable bonds is 7. The van der Waals surface area contributed by atoms with E-state index >= 15 is 0 Å². The molecule has 1 amide bonds. The second kappa shape index (κ2) is 8.61. The van der Waals surface area contributed by atoms with Gasteiger partial charge in [0.05, 0.1) is 11.6 Å². The highest BCUT2D eigenvalue weighted by atomic mass is 32.1. The molecule has 1 heterocycles. The maximum Gasteiger partial charge on any atom is 0.358 e. The molecule has 0 saturated carbocycles. The number of thiazole rings is 1. The Hall–Kier alpha value is -3.18. The van der Waals surface area contributed by atoms with Crippen molar-refractivity contribution in [3.05, 3.63) is 53.6 Å². The maximum absolute atomic E-state index is 12.1. The Morgan fingerprint density at radius 3 is 2.80 bits per heavy atom. The van der Waals surface area contributed by atoms with Gasteiger partial charge < -0.3 is 15.4 Å². The van der Waals surface area contributed by atoms with E-state index in [1.165, 1.54) is 18.3 Å². The van der Waals surface area contributed by atoms with Crippen LogP contribution in [0.25, 0.3) is 0 Å². The van der Waals surface area contributed by atoms with E-state index < -0.39 is 18.0 Å². The van der Waals surface area contributed by atoms with Crippen molar-refractivity contribution in [2.45, 2.75) is 13.0 Å². The van der Waals surface area contributed by atoms with Crippen LogP contribution in [0.2, 0.25) is 0 Å². The highest BCUT2D eigenvalue weighted by molar-refractivity contribution is 7.13. The Balaban J connectivity index is 1.91. The molecule has 0 aliphatic rings. The Labute approximate surface area is 149 Å². The zero-order chi connectivity index (χ0) is 18.2. The summed E-state index contributed by atoms with van der Waals surface area (Å²) >= 11 is 1.26. The fraction of sp³-hybridized carbons (Fsp3) is 0.176. The van der Waals surface area contributed by atoms with Crippen molar-refractivity contribution in [3.63, 3.8) is 0 Å². The van der Waals surface area contributed by atoms with E-state index in [0.29, 0.717) is 22.9 Å². The number of anilines is 2. The molecular formula is C17H16N4O3S. The summed E-state index contributed by atoms with van der Waals surface area (Å²) in [4.78, 5) is 28.2. The van der Waals surface area contributed by atoms with Gasteiger partial charge >= 0.3 is 5.97 Å². The summed E-state index contributed by atoms with van der Waals surface area (Å²) in [5.74, 6) is -1.15. The smallest absolute Gasteiger partial charge is 0.358 e. The monoisotopic (exact) mass is 356 g/mol. The number of nitrogens with zero attached hydrogens (tertiary/aromatic N) is 2. The van der Waals surface area contributed by atoms with E-state index in [9.17, 15) is 9.59 Å². The summed E-state index contributed by atoms with van der Waals surface area (Å²) in [6, 6.07) is 8.36. The van der Waals surface area contributed by atoms with E-state index in [1.54, 1.807) is 35.7 Å². The van der Waals surface area contributed by atoms with Crippen LogP contribution in [-0.2, 0) is 9.53 Å². The Morgan fingerprint density at radius 1 is 1.44 bits per heavy atom. The lowest BCUT2D eigenvalue weighted by Crippen LogP contribution is -2.30. The van der Waals surface area contributed by atoms with Gasteiger partial charge in [0.15, 0.2) is 16.9 Å². The molecule has 1 aromatic carbocycles. The zero-order valence-electron chi connectivity index (χ0n) is 13.5. The predicted molar refractivity (Wildman–Crippen MR) is 95.5 cm³/mol. The van der Waals surface area contributed by atoms with Crippen molar-refractivity contribution in [3.8, 4) is 6.07 Å². The van der Waals surface area contributed by atoms with Crippen LogP contribution in [0.1, 0.15) is 23.0 Å². The quantitative estimate of drug-likeness (QED) is 0.584. The van der Waals surface area contributed by atoms with Gasteiger partial charge in [0.2, 0.25) is 0 Å². The molecule has 2 N–H and O–H groups in total. The summed E-state index contributed by atoms with van der Waals surface area (Å²) < 4.78 is 5.13. The number of carbonyl (C=O) groups excluding carboxylic acids is 2. The van der Waals surface area contributed by atoms with E-state index in [0.717, 1.165) is 0 Å². The third kappa shape index (κ3) is 5.16. The minimum absolute atomic E-state index is 0.134. The second-order valence-electron chi connectivity index (χ2n) is 4.93. The van der Waals surface area contributed by atoms with E-state index in [1.807, 2.05) is 6.07 Å². The molecule has 0 aliphatic carbocycles. The van der Waals surface area contributed by atoms with Gasteiger partial charge in [0, 0.05) is 17.6 Å². The largest absolute Gasteiger partial charge is 0.448 e. The van der Waals surface area contributed by atoms with Crippen LogP contribution in [0, 0.1) is 11.3 Å². The number of aromatic nitrogens is 1. The van der Waals surface area contributed by atoms with E-state index in [-0.39, 0.29) is 5.69 Å². The molecule has 7 nitrogen and oxygen atoms in total. The number of hydrogen-bond acceptors (Lipinski definition) is 7. The number of nitrogens with one attached hydrogen (secondary N) is 2. The highest BCUT2D eigenvalue weighted by Crippen LogP contribution is 2.17. The van der Waals surface area contributed by atoms with Gasteiger partial charge in [-0.15, -0.1) is 17.9 Å². The average Bonchev–Trinajstić information content (AvgIpc) is 3.09. The molecule has 0 fully saturated rings. The van der Waals surface area contributed by atoms with Crippen LogP contribution >= 0.6 is 11.3 Å². The van der Waals surface area contributed by atoms with Crippen molar-refractivity contribution < 1.29 is 14.3 Å². The minimum atomic E-state index is -0.991. The first-order chi connectivity index (χ1) is 12.0. The molecule has 0 radical (unpaired) electrons. The summed E-state index contributed by atoms with van der Waals surface area (Å²) in [6.07, 6.45) is 0.684. The van der Waals surface area contributed by atoms with Gasteiger partial charge in [0.1, 0.15) is 0 Å². The lowest BCUT2D eigenvalue weighted by atomic mass is 10.2. The van der Waals surface area contributed by atoms with Crippen LogP contribution in [-0.4, -0.2) is 29.5 Å². The molecule has 128 valence electrons. The Kier molecular flexibility index (Phi) is 6.26. The summed E-state index contributed by atoms with van der Waals surface area (Å²) in [5, 5.41) is 16.5. The van der Waals surface area contributed by atoms with E-state index in [4.69, 9.17) is 10.00 Å². The molecule has 0 spiro atoms. The van der Waals surface area contributed by atoms with Gasteiger partial charge in [0.25, 0.3) is 5.91 Å². The number of ether oxygens (including phenoxy) is 1. The van der Waals surface area contributed by atoms with Gasteiger partial charge in [-0.1, -0.05) is 6.08 Å². The molecular weight excluding hydrogens is 340 g/mol. The maximum atomic E-state index is 12.1. The molecule has 0 bridgehead atoms. The van der Waals surface area contributed by atoms with Crippen molar-refractivity contribution in [1.82, 2.24) is 4.98 Å². The fourth-order valence-electron chi connectivity index (χ4n) is 1.75. The standard InChI is InChI=1S/C17H16N4O3S/c1-3-8-19-17-21-14(10-25-17)16(23)24-11(2)15(22)20-13-6-4-12(9-18)5-7-13/h3-7,10-11H,1,8H2,2H3,(H,19,21)(H,20,22). The molecule has 1 unspecified atom stereocenters. The highest BCUT2D eigenvalue weighted by Gasteiger charge is 2.21. The van der Waals surface area contributed by atoms with E-state index in [2.05, 4.69) is 22.2 Å². The normalized spacial score (nSPS) is 11.0. The lowest BCUT2D eigenvalue weighted by Gasteiger charge is -2.12. The average molecular weight is 356 g/mol. The first-order valence-electron chi connectivity index (χ1n) is 7.35. The third-order valence-corrected chi connectivity index (χ3v) is 3.85. The summed E-state index contributed by atoms with van der Waals surface area (Å²) in [7, 11) is 0. The van der Waals surface area contributed by atoms with Crippen LogP contribution in [0.5, 0.6) is 0 Å². The molecule has 25 heavy (non-hydrogen) atoms. The first kappa shape index (κ1) is 18.2. The molecule has 2 rings (SSSR count). The number of benzene rings is 1. The predicted octanol–water partition coefficient (Wildman–Crippen LogP) is 2.80. The lowest BCUT2D eigenvalue weighted by molar-refractivity contribution is -0.123.